The van der Waals surface area contributed by atoms with Crippen LogP contribution in [-0.2, 0) is 4.74 Å². The Bertz CT molecular complexity index is 545. The van der Waals surface area contributed by atoms with Crippen molar-refractivity contribution in [3.8, 4) is 11.5 Å². The Labute approximate surface area is 134 Å². The fraction of sp³-hybridized carbons (Fsp3) is 0.500. The third-order valence-corrected chi connectivity index (χ3v) is 3.65. The summed E-state index contributed by atoms with van der Waals surface area (Å²) in [5.41, 5.74) is 0.803. The average molecular weight is 326 g/mol. The molecule has 0 bridgehead atoms. The average Bonchev–Trinajstić information content (AvgIpc) is 2.56. The molecular weight excluding hydrogens is 304 g/mol. The molecule has 0 spiro atoms. The second-order valence-electron chi connectivity index (χ2n) is 5.29. The minimum atomic E-state index is -1.39. The molecule has 128 valence electrons. The molecule has 5 unspecified atom stereocenters. The van der Waals surface area contributed by atoms with E-state index in [9.17, 15) is 15.3 Å². The van der Waals surface area contributed by atoms with Gasteiger partial charge >= 0.3 is 0 Å². The van der Waals surface area contributed by atoms with Crippen molar-refractivity contribution in [1.82, 2.24) is 0 Å². The summed E-state index contributed by atoms with van der Waals surface area (Å²) in [7, 11) is 1.47. The predicted octanol–water partition coefficient (Wildman–Crippen LogP) is -0.0930. The summed E-state index contributed by atoms with van der Waals surface area (Å²) in [5.74, 6) is 0.739. The zero-order valence-electron chi connectivity index (χ0n) is 13.0. The van der Waals surface area contributed by atoms with Gasteiger partial charge in [-0.3, -0.25) is 0 Å². The lowest BCUT2D eigenvalue weighted by molar-refractivity contribution is -0.268. The van der Waals surface area contributed by atoms with Crippen LogP contribution in [0.3, 0.4) is 0 Å². The molecule has 0 amide bonds. The van der Waals surface area contributed by atoms with Crippen LogP contribution in [0.1, 0.15) is 12.5 Å². The van der Waals surface area contributed by atoms with Crippen LogP contribution < -0.4 is 9.47 Å². The smallest absolute Gasteiger partial charge is 0.229 e. The summed E-state index contributed by atoms with van der Waals surface area (Å²) < 4.78 is 16.2. The SMILES string of the molecule is COc1cc(C=CCO)ccc1OC1OC(C)C(O)C(O)C1O. The molecule has 1 aromatic rings. The minimum Gasteiger partial charge on any atom is -0.493 e. The van der Waals surface area contributed by atoms with Gasteiger partial charge in [-0.25, -0.2) is 0 Å². The number of benzene rings is 1. The highest BCUT2D eigenvalue weighted by Gasteiger charge is 2.43. The topological polar surface area (TPSA) is 109 Å². The van der Waals surface area contributed by atoms with Crippen molar-refractivity contribution in [1.29, 1.82) is 0 Å². The number of methoxy groups -OCH3 is 1. The Morgan fingerprint density at radius 2 is 1.87 bits per heavy atom. The van der Waals surface area contributed by atoms with E-state index in [4.69, 9.17) is 19.3 Å². The van der Waals surface area contributed by atoms with Gasteiger partial charge in [0.15, 0.2) is 11.5 Å². The molecule has 4 N–H and O–H groups in total. The highest BCUT2D eigenvalue weighted by Crippen LogP contribution is 2.32. The number of hydrogen-bond acceptors (Lipinski definition) is 7. The first-order chi connectivity index (χ1) is 11.0. The first-order valence-corrected chi connectivity index (χ1v) is 7.29. The van der Waals surface area contributed by atoms with E-state index < -0.39 is 30.7 Å². The second kappa shape index (κ2) is 7.76. The van der Waals surface area contributed by atoms with Crippen molar-refractivity contribution in [2.45, 2.75) is 37.6 Å². The van der Waals surface area contributed by atoms with E-state index in [1.807, 2.05) is 0 Å². The zero-order valence-corrected chi connectivity index (χ0v) is 13.0. The normalized spacial score (nSPS) is 31.3. The van der Waals surface area contributed by atoms with Gasteiger partial charge in [-0.15, -0.1) is 0 Å². The van der Waals surface area contributed by atoms with E-state index in [1.165, 1.54) is 7.11 Å². The first kappa shape index (κ1) is 17.7. The number of aliphatic hydroxyl groups is 4. The summed E-state index contributed by atoms with van der Waals surface area (Å²) in [6, 6.07) is 5.08. The van der Waals surface area contributed by atoms with E-state index in [0.717, 1.165) is 5.56 Å². The lowest BCUT2D eigenvalue weighted by atomic mass is 10.00. The lowest BCUT2D eigenvalue weighted by Gasteiger charge is -2.39. The van der Waals surface area contributed by atoms with Gasteiger partial charge in [0.2, 0.25) is 6.29 Å². The molecule has 0 aliphatic carbocycles. The molecule has 23 heavy (non-hydrogen) atoms. The molecule has 1 aromatic carbocycles. The molecule has 7 heteroatoms. The quantitative estimate of drug-likeness (QED) is 0.599. The predicted molar refractivity (Wildman–Crippen MR) is 82.1 cm³/mol. The maximum Gasteiger partial charge on any atom is 0.229 e. The van der Waals surface area contributed by atoms with Crippen molar-refractivity contribution in [2.24, 2.45) is 0 Å². The number of aliphatic hydroxyl groups excluding tert-OH is 4. The molecule has 5 atom stereocenters. The Morgan fingerprint density at radius 1 is 1.13 bits per heavy atom. The van der Waals surface area contributed by atoms with E-state index in [1.54, 1.807) is 37.3 Å². The van der Waals surface area contributed by atoms with Crippen LogP contribution >= 0.6 is 0 Å². The highest BCUT2D eigenvalue weighted by atomic mass is 16.7. The summed E-state index contributed by atoms with van der Waals surface area (Å²) in [6.07, 6.45) is -2.44. The largest absolute Gasteiger partial charge is 0.493 e. The van der Waals surface area contributed by atoms with Crippen LogP contribution in [0.25, 0.3) is 6.08 Å². The van der Waals surface area contributed by atoms with Gasteiger partial charge < -0.3 is 34.6 Å². The Hall–Kier alpha value is -1.64. The molecule has 0 radical (unpaired) electrons. The Kier molecular flexibility index (Phi) is 5.97. The standard InChI is InChI=1S/C16H22O7/c1-9-13(18)14(19)15(20)16(22-9)23-11-6-5-10(4-3-7-17)8-12(11)21-2/h3-6,8-9,13-20H,7H2,1-2H3. The van der Waals surface area contributed by atoms with Crippen LogP contribution in [0, 0.1) is 0 Å². The molecule has 0 saturated carbocycles. The molecular formula is C16H22O7. The number of rotatable bonds is 5. The van der Waals surface area contributed by atoms with Gasteiger partial charge in [-0.2, -0.15) is 0 Å². The van der Waals surface area contributed by atoms with Crippen LogP contribution in [0.4, 0.5) is 0 Å². The molecule has 1 aliphatic heterocycles. The molecule has 1 saturated heterocycles. The van der Waals surface area contributed by atoms with Crippen molar-refractivity contribution in [3.63, 3.8) is 0 Å². The van der Waals surface area contributed by atoms with Crippen LogP contribution in [0.2, 0.25) is 0 Å². The summed E-state index contributed by atoms with van der Waals surface area (Å²) in [6.45, 7) is 1.51. The monoisotopic (exact) mass is 326 g/mol. The maximum absolute atomic E-state index is 9.98. The van der Waals surface area contributed by atoms with Gasteiger partial charge in [0, 0.05) is 0 Å². The van der Waals surface area contributed by atoms with Gasteiger partial charge in [-0.05, 0) is 24.6 Å². The van der Waals surface area contributed by atoms with Crippen LogP contribution in [-0.4, -0.2) is 64.8 Å². The summed E-state index contributed by atoms with van der Waals surface area (Å²) in [4.78, 5) is 0. The van der Waals surface area contributed by atoms with Gasteiger partial charge in [0.05, 0.1) is 19.8 Å². The first-order valence-electron chi connectivity index (χ1n) is 7.29. The number of hydrogen-bond donors (Lipinski definition) is 4. The van der Waals surface area contributed by atoms with E-state index in [-0.39, 0.29) is 6.61 Å². The third kappa shape index (κ3) is 4.01. The number of ether oxygens (including phenoxy) is 3. The van der Waals surface area contributed by atoms with Gasteiger partial charge in [0.1, 0.15) is 18.3 Å². The molecule has 1 heterocycles. The fourth-order valence-electron chi connectivity index (χ4n) is 2.31. The fourth-order valence-corrected chi connectivity index (χ4v) is 2.31. The van der Waals surface area contributed by atoms with Crippen LogP contribution in [0.15, 0.2) is 24.3 Å². The van der Waals surface area contributed by atoms with Crippen molar-refractivity contribution >= 4 is 6.08 Å². The molecule has 0 aromatic heterocycles. The lowest BCUT2D eigenvalue weighted by Crippen LogP contribution is -2.58. The minimum absolute atomic E-state index is 0.0687. The van der Waals surface area contributed by atoms with Crippen LogP contribution in [0.5, 0.6) is 11.5 Å². The summed E-state index contributed by atoms with van der Waals surface area (Å²) in [5, 5.41) is 38.3. The van der Waals surface area contributed by atoms with Crippen molar-refractivity contribution in [3.05, 3.63) is 29.8 Å². The van der Waals surface area contributed by atoms with Crippen molar-refractivity contribution in [2.75, 3.05) is 13.7 Å². The third-order valence-electron chi connectivity index (χ3n) is 3.65. The zero-order chi connectivity index (χ0) is 17.0. The Balaban J connectivity index is 2.17. The van der Waals surface area contributed by atoms with Gasteiger partial charge in [0.25, 0.3) is 0 Å². The van der Waals surface area contributed by atoms with E-state index >= 15 is 0 Å². The second-order valence-corrected chi connectivity index (χ2v) is 5.29. The molecule has 7 nitrogen and oxygen atoms in total. The summed E-state index contributed by atoms with van der Waals surface area (Å²) >= 11 is 0. The van der Waals surface area contributed by atoms with E-state index in [2.05, 4.69) is 0 Å². The highest BCUT2D eigenvalue weighted by molar-refractivity contribution is 5.55. The van der Waals surface area contributed by atoms with Gasteiger partial charge in [-0.1, -0.05) is 18.2 Å². The molecule has 1 fully saturated rings. The van der Waals surface area contributed by atoms with E-state index in [0.29, 0.717) is 11.5 Å². The van der Waals surface area contributed by atoms with Crippen molar-refractivity contribution < 1.29 is 34.6 Å². The molecule has 1 aliphatic rings. The Morgan fingerprint density at radius 3 is 2.52 bits per heavy atom. The maximum atomic E-state index is 9.98. The molecule has 2 rings (SSSR count).